The number of benzene rings is 3. The lowest BCUT2D eigenvalue weighted by atomic mass is 10.1. The molecule has 3 rings (SSSR count). The van der Waals surface area contributed by atoms with Crippen molar-refractivity contribution >= 4 is 50.2 Å². The molecule has 0 saturated heterocycles. The first-order valence-electron chi connectivity index (χ1n) is 8.50. The van der Waals surface area contributed by atoms with Gasteiger partial charge in [0.05, 0.1) is 0 Å². The van der Waals surface area contributed by atoms with Crippen LogP contribution in [0.4, 0.5) is 5.69 Å². The van der Waals surface area contributed by atoms with Gasteiger partial charge in [0.2, 0.25) is 0 Å². The van der Waals surface area contributed by atoms with Crippen LogP contribution in [0.3, 0.4) is 0 Å². The second kappa shape index (κ2) is 9.14. The van der Waals surface area contributed by atoms with Crippen LogP contribution in [0.25, 0.3) is 10.8 Å². The first kappa shape index (κ1) is 19.6. The SMILES string of the molecule is O=C(COC(=O)CNC(=O)c1cccc(Br)c1)Nc1cccc2ccccc12. The Labute approximate surface area is 170 Å². The Morgan fingerprint density at radius 3 is 2.50 bits per heavy atom. The Bertz CT molecular complexity index is 1030. The minimum Gasteiger partial charge on any atom is -0.454 e. The van der Waals surface area contributed by atoms with Crippen LogP contribution >= 0.6 is 15.9 Å². The van der Waals surface area contributed by atoms with E-state index in [1.165, 1.54) is 0 Å². The molecule has 0 bridgehead atoms. The number of halogens is 1. The molecule has 28 heavy (non-hydrogen) atoms. The molecule has 7 heteroatoms. The highest BCUT2D eigenvalue weighted by atomic mass is 79.9. The molecule has 142 valence electrons. The van der Waals surface area contributed by atoms with Crippen molar-refractivity contribution in [1.29, 1.82) is 0 Å². The highest BCUT2D eigenvalue weighted by Crippen LogP contribution is 2.22. The van der Waals surface area contributed by atoms with Crippen molar-refractivity contribution in [3.8, 4) is 0 Å². The van der Waals surface area contributed by atoms with E-state index in [4.69, 9.17) is 4.74 Å². The first-order chi connectivity index (χ1) is 13.5. The second-order valence-corrected chi connectivity index (χ2v) is 6.84. The molecule has 0 heterocycles. The fourth-order valence-corrected chi connectivity index (χ4v) is 3.00. The molecule has 0 radical (unpaired) electrons. The molecule has 0 saturated carbocycles. The summed E-state index contributed by atoms with van der Waals surface area (Å²) in [6.07, 6.45) is 0. The number of anilines is 1. The lowest BCUT2D eigenvalue weighted by molar-refractivity contribution is -0.146. The molecular weight excluding hydrogens is 424 g/mol. The van der Waals surface area contributed by atoms with Gasteiger partial charge >= 0.3 is 5.97 Å². The van der Waals surface area contributed by atoms with E-state index >= 15 is 0 Å². The standard InChI is InChI=1S/C21H17BrN2O4/c22-16-8-3-7-15(11-16)21(27)23-12-20(26)28-13-19(25)24-18-10-4-6-14-5-1-2-9-17(14)18/h1-11H,12-13H2,(H,23,27)(H,24,25). The third kappa shape index (κ3) is 5.17. The van der Waals surface area contributed by atoms with Gasteiger partial charge in [0.25, 0.3) is 11.8 Å². The van der Waals surface area contributed by atoms with Crippen molar-refractivity contribution in [3.05, 3.63) is 76.8 Å². The number of nitrogens with one attached hydrogen (secondary N) is 2. The number of esters is 1. The molecule has 0 spiro atoms. The van der Waals surface area contributed by atoms with Gasteiger partial charge in [0, 0.05) is 21.1 Å². The molecule has 3 aromatic carbocycles. The highest BCUT2D eigenvalue weighted by Gasteiger charge is 2.12. The number of amides is 2. The highest BCUT2D eigenvalue weighted by molar-refractivity contribution is 9.10. The number of carbonyl (C=O) groups is 3. The lowest BCUT2D eigenvalue weighted by Crippen LogP contribution is -2.32. The Hall–Kier alpha value is -3.19. The summed E-state index contributed by atoms with van der Waals surface area (Å²) in [6.45, 7) is -0.762. The molecule has 0 aromatic heterocycles. The summed E-state index contributed by atoms with van der Waals surface area (Å²) in [5.41, 5.74) is 1.05. The van der Waals surface area contributed by atoms with Gasteiger partial charge in [-0.05, 0) is 29.7 Å². The number of hydrogen-bond acceptors (Lipinski definition) is 4. The maximum absolute atomic E-state index is 12.1. The van der Waals surface area contributed by atoms with Gasteiger partial charge in [-0.3, -0.25) is 14.4 Å². The van der Waals surface area contributed by atoms with Gasteiger partial charge in [-0.1, -0.05) is 58.4 Å². The number of ether oxygens (including phenoxy) is 1. The second-order valence-electron chi connectivity index (χ2n) is 5.93. The molecule has 0 aliphatic rings. The zero-order valence-electron chi connectivity index (χ0n) is 14.8. The molecule has 6 nitrogen and oxygen atoms in total. The number of fused-ring (bicyclic) bond motifs is 1. The average Bonchev–Trinajstić information content (AvgIpc) is 2.71. The molecule has 0 aliphatic heterocycles. The van der Waals surface area contributed by atoms with Gasteiger partial charge in [-0.2, -0.15) is 0 Å². The minimum absolute atomic E-state index is 0.326. The van der Waals surface area contributed by atoms with Gasteiger partial charge < -0.3 is 15.4 Å². The van der Waals surface area contributed by atoms with E-state index in [-0.39, 0.29) is 6.54 Å². The van der Waals surface area contributed by atoms with Crippen LogP contribution in [-0.4, -0.2) is 30.9 Å². The number of carbonyl (C=O) groups excluding carboxylic acids is 3. The summed E-state index contributed by atoms with van der Waals surface area (Å²) < 4.78 is 5.68. The van der Waals surface area contributed by atoms with Crippen LogP contribution in [-0.2, 0) is 14.3 Å². The van der Waals surface area contributed by atoms with Crippen molar-refractivity contribution in [3.63, 3.8) is 0 Å². The van der Waals surface area contributed by atoms with Crippen LogP contribution in [0.5, 0.6) is 0 Å². The van der Waals surface area contributed by atoms with E-state index < -0.39 is 24.4 Å². The molecule has 0 fully saturated rings. The zero-order chi connectivity index (χ0) is 19.9. The van der Waals surface area contributed by atoms with Gasteiger partial charge in [-0.25, -0.2) is 0 Å². The summed E-state index contributed by atoms with van der Waals surface area (Å²) >= 11 is 3.28. The summed E-state index contributed by atoms with van der Waals surface area (Å²) in [6, 6.07) is 20.0. The van der Waals surface area contributed by atoms with Crippen LogP contribution < -0.4 is 10.6 Å². The largest absolute Gasteiger partial charge is 0.454 e. The zero-order valence-corrected chi connectivity index (χ0v) is 16.4. The van der Waals surface area contributed by atoms with Crippen LogP contribution in [0.2, 0.25) is 0 Å². The van der Waals surface area contributed by atoms with Gasteiger partial charge in [-0.15, -0.1) is 0 Å². The normalized spacial score (nSPS) is 10.3. The predicted octanol–water partition coefficient (Wildman–Crippen LogP) is 3.51. The quantitative estimate of drug-likeness (QED) is 0.574. The molecule has 0 unspecified atom stereocenters. The predicted molar refractivity (Wildman–Crippen MR) is 110 cm³/mol. The van der Waals surface area contributed by atoms with E-state index in [9.17, 15) is 14.4 Å². The Balaban J connectivity index is 1.47. The van der Waals surface area contributed by atoms with Crippen LogP contribution in [0, 0.1) is 0 Å². The van der Waals surface area contributed by atoms with Crippen molar-refractivity contribution in [2.45, 2.75) is 0 Å². The van der Waals surface area contributed by atoms with Crippen molar-refractivity contribution < 1.29 is 19.1 Å². The third-order valence-electron chi connectivity index (χ3n) is 3.91. The number of hydrogen-bond donors (Lipinski definition) is 2. The molecule has 0 atom stereocenters. The molecule has 2 N–H and O–H groups in total. The summed E-state index contributed by atoms with van der Waals surface area (Å²) in [4.78, 5) is 35.9. The third-order valence-corrected chi connectivity index (χ3v) is 4.40. The van der Waals surface area contributed by atoms with Crippen molar-refractivity contribution in [2.24, 2.45) is 0 Å². The monoisotopic (exact) mass is 440 g/mol. The Morgan fingerprint density at radius 2 is 1.68 bits per heavy atom. The Kier molecular flexibility index (Phi) is 6.39. The topological polar surface area (TPSA) is 84.5 Å². The Morgan fingerprint density at radius 1 is 0.929 bits per heavy atom. The van der Waals surface area contributed by atoms with E-state index in [0.717, 1.165) is 15.2 Å². The maximum Gasteiger partial charge on any atom is 0.325 e. The van der Waals surface area contributed by atoms with Crippen LogP contribution in [0.1, 0.15) is 10.4 Å². The van der Waals surface area contributed by atoms with Crippen molar-refractivity contribution in [2.75, 3.05) is 18.5 Å². The van der Waals surface area contributed by atoms with Crippen LogP contribution in [0.15, 0.2) is 71.2 Å². The smallest absolute Gasteiger partial charge is 0.325 e. The molecule has 3 aromatic rings. The number of rotatable bonds is 6. The first-order valence-corrected chi connectivity index (χ1v) is 9.29. The molecule has 2 amide bonds. The van der Waals surface area contributed by atoms with Crippen molar-refractivity contribution in [1.82, 2.24) is 5.32 Å². The molecule has 0 aliphatic carbocycles. The van der Waals surface area contributed by atoms with E-state index in [1.807, 2.05) is 36.4 Å². The lowest BCUT2D eigenvalue weighted by Gasteiger charge is -2.10. The van der Waals surface area contributed by atoms with E-state index in [0.29, 0.717) is 11.3 Å². The molecular formula is C21H17BrN2O4. The van der Waals surface area contributed by atoms with Gasteiger partial charge in [0.1, 0.15) is 6.54 Å². The minimum atomic E-state index is -0.698. The van der Waals surface area contributed by atoms with E-state index in [2.05, 4.69) is 26.6 Å². The summed E-state index contributed by atoms with van der Waals surface area (Å²) in [5.74, 6) is -1.56. The average molecular weight is 441 g/mol. The van der Waals surface area contributed by atoms with Gasteiger partial charge in [0.15, 0.2) is 6.61 Å². The fourth-order valence-electron chi connectivity index (χ4n) is 2.60. The van der Waals surface area contributed by atoms with E-state index in [1.54, 1.807) is 30.3 Å². The summed E-state index contributed by atoms with van der Waals surface area (Å²) in [7, 11) is 0. The fraction of sp³-hybridized carbons (Fsp3) is 0.0952. The summed E-state index contributed by atoms with van der Waals surface area (Å²) in [5, 5.41) is 7.07. The maximum atomic E-state index is 12.1.